The second kappa shape index (κ2) is 7.93. The van der Waals surface area contributed by atoms with Crippen molar-refractivity contribution >= 4 is 28.8 Å². The van der Waals surface area contributed by atoms with Crippen LogP contribution in [0.25, 0.3) is 0 Å². The number of benzene rings is 2. The van der Waals surface area contributed by atoms with Crippen molar-refractivity contribution in [3.8, 4) is 0 Å². The third-order valence-corrected chi connectivity index (χ3v) is 4.53. The van der Waals surface area contributed by atoms with Gasteiger partial charge in [0.1, 0.15) is 5.82 Å². The summed E-state index contributed by atoms with van der Waals surface area (Å²) in [5.74, 6) is -0.860. The van der Waals surface area contributed by atoms with E-state index in [1.807, 2.05) is 5.38 Å². The average molecular weight is 368 g/mol. The molecule has 0 aliphatic carbocycles. The van der Waals surface area contributed by atoms with Gasteiger partial charge in [-0.25, -0.2) is 4.39 Å². The Morgan fingerprint density at radius 1 is 1.12 bits per heavy atom. The number of amides is 2. The molecule has 2 amide bonds. The predicted molar refractivity (Wildman–Crippen MR) is 101 cm³/mol. The van der Waals surface area contributed by atoms with Crippen LogP contribution in [0.1, 0.15) is 26.3 Å². The van der Waals surface area contributed by atoms with Crippen LogP contribution >= 0.6 is 11.3 Å². The monoisotopic (exact) mass is 368 g/mol. The lowest BCUT2D eigenvalue weighted by Gasteiger charge is -2.19. The maximum Gasteiger partial charge on any atom is 0.256 e. The van der Waals surface area contributed by atoms with Crippen molar-refractivity contribution in [2.24, 2.45) is 0 Å². The standard InChI is InChI=1S/C20H17FN2O2S/c1-23(12-14-5-4-6-16(21)11-14)20(25)17-7-2-3-8-18(17)22-19(24)15-9-10-26-13-15/h2-11,13H,12H2,1H3,(H,22,24). The zero-order valence-electron chi connectivity index (χ0n) is 14.1. The van der Waals surface area contributed by atoms with Crippen LogP contribution in [0.15, 0.2) is 65.4 Å². The molecule has 4 nitrogen and oxygen atoms in total. The van der Waals surface area contributed by atoms with Gasteiger partial charge in [0.2, 0.25) is 0 Å². The molecule has 2 aromatic carbocycles. The summed E-state index contributed by atoms with van der Waals surface area (Å²) in [5.41, 5.74) is 2.07. The lowest BCUT2D eigenvalue weighted by molar-refractivity contribution is 0.0786. The van der Waals surface area contributed by atoms with Crippen LogP contribution in [0, 0.1) is 5.82 Å². The molecule has 0 aliphatic rings. The van der Waals surface area contributed by atoms with E-state index >= 15 is 0 Å². The van der Waals surface area contributed by atoms with Gasteiger partial charge in [-0.3, -0.25) is 9.59 Å². The molecule has 3 rings (SSSR count). The van der Waals surface area contributed by atoms with E-state index in [0.717, 1.165) is 0 Å². The van der Waals surface area contributed by atoms with Crippen molar-refractivity contribution in [3.05, 3.63) is 87.9 Å². The average Bonchev–Trinajstić information content (AvgIpc) is 3.16. The summed E-state index contributed by atoms with van der Waals surface area (Å²) >= 11 is 1.43. The van der Waals surface area contributed by atoms with Gasteiger partial charge in [-0.2, -0.15) is 11.3 Å². The first-order valence-corrected chi connectivity index (χ1v) is 8.91. The summed E-state index contributed by atoms with van der Waals surface area (Å²) < 4.78 is 13.3. The Hall–Kier alpha value is -2.99. The third kappa shape index (κ3) is 4.15. The molecule has 132 valence electrons. The van der Waals surface area contributed by atoms with E-state index in [9.17, 15) is 14.0 Å². The van der Waals surface area contributed by atoms with Crippen LogP contribution in [-0.4, -0.2) is 23.8 Å². The van der Waals surface area contributed by atoms with Crippen LogP contribution in [-0.2, 0) is 6.54 Å². The Balaban J connectivity index is 1.77. The molecule has 1 heterocycles. The number of thiophene rings is 1. The number of nitrogens with zero attached hydrogens (tertiary/aromatic N) is 1. The van der Waals surface area contributed by atoms with Crippen molar-refractivity contribution in [1.29, 1.82) is 0 Å². The van der Waals surface area contributed by atoms with Crippen LogP contribution in [0.5, 0.6) is 0 Å². The molecule has 0 fully saturated rings. The molecule has 1 N–H and O–H groups in total. The predicted octanol–water partition coefficient (Wildman–Crippen LogP) is 4.41. The zero-order chi connectivity index (χ0) is 18.5. The minimum absolute atomic E-state index is 0.254. The minimum atomic E-state index is -0.341. The fourth-order valence-corrected chi connectivity index (χ4v) is 3.19. The summed E-state index contributed by atoms with van der Waals surface area (Å²) in [5, 5.41) is 6.35. The highest BCUT2D eigenvalue weighted by molar-refractivity contribution is 7.08. The lowest BCUT2D eigenvalue weighted by atomic mass is 10.1. The Bertz CT molecular complexity index is 925. The van der Waals surface area contributed by atoms with Gasteiger partial charge in [0.15, 0.2) is 0 Å². The first-order chi connectivity index (χ1) is 12.5. The van der Waals surface area contributed by atoms with E-state index in [2.05, 4.69) is 5.32 Å². The van der Waals surface area contributed by atoms with Gasteiger partial charge in [0.05, 0.1) is 16.8 Å². The molecular formula is C20H17FN2O2S. The first kappa shape index (κ1) is 17.8. The fourth-order valence-electron chi connectivity index (χ4n) is 2.55. The fraction of sp³-hybridized carbons (Fsp3) is 0.100. The molecule has 6 heteroatoms. The molecule has 0 unspecified atom stereocenters. The highest BCUT2D eigenvalue weighted by Gasteiger charge is 2.18. The second-order valence-corrected chi connectivity index (χ2v) is 6.58. The molecule has 3 aromatic rings. The Labute approximate surface area is 154 Å². The highest BCUT2D eigenvalue weighted by atomic mass is 32.1. The third-order valence-electron chi connectivity index (χ3n) is 3.84. The smallest absolute Gasteiger partial charge is 0.256 e. The van der Waals surface area contributed by atoms with Gasteiger partial charge in [-0.1, -0.05) is 24.3 Å². The lowest BCUT2D eigenvalue weighted by Crippen LogP contribution is -2.27. The van der Waals surface area contributed by atoms with E-state index in [1.54, 1.807) is 54.9 Å². The second-order valence-electron chi connectivity index (χ2n) is 5.80. The molecular weight excluding hydrogens is 351 g/mol. The van der Waals surface area contributed by atoms with Gasteiger partial charge in [-0.05, 0) is 41.3 Å². The van der Waals surface area contributed by atoms with Crippen LogP contribution < -0.4 is 5.32 Å². The SMILES string of the molecule is CN(Cc1cccc(F)c1)C(=O)c1ccccc1NC(=O)c1ccsc1. The minimum Gasteiger partial charge on any atom is -0.337 e. The maximum atomic E-state index is 13.3. The quantitative estimate of drug-likeness (QED) is 0.725. The molecule has 0 aliphatic heterocycles. The molecule has 0 saturated heterocycles. The van der Waals surface area contributed by atoms with Crippen LogP contribution in [0.4, 0.5) is 10.1 Å². The van der Waals surface area contributed by atoms with Gasteiger partial charge in [0, 0.05) is 19.0 Å². The molecule has 0 atom stereocenters. The summed E-state index contributed by atoms with van der Waals surface area (Å²) in [6, 6.07) is 14.7. The normalized spacial score (nSPS) is 10.4. The molecule has 26 heavy (non-hydrogen) atoms. The van der Waals surface area contributed by atoms with Crippen molar-refractivity contribution in [3.63, 3.8) is 0 Å². The summed E-state index contributed by atoms with van der Waals surface area (Å²) in [4.78, 5) is 26.6. The van der Waals surface area contributed by atoms with Crippen molar-refractivity contribution in [2.45, 2.75) is 6.54 Å². The van der Waals surface area contributed by atoms with Gasteiger partial charge in [-0.15, -0.1) is 0 Å². The molecule has 1 aromatic heterocycles. The van der Waals surface area contributed by atoms with Gasteiger partial charge in [0.25, 0.3) is 11.8 Å². The molecule has 0 saturated carbocycles. The summed E-state index contributed by atoms with van der Waals surface area (Å²) in [6.45, 7) is 0.267. The molecule has 0 spiro atoms. The van der Waals surface area contributed by atoms with Crippen molar-refractivity contribution in [1.82, 2.24) is 4.90 Å². The van der Waals surface area contributed by atoms with E-state index < -0.39 is 0 Å². The zero-order valence-corrected chi connectivity index (χ0v) is 14.9. The Morgan fingerprint density at radius 2 is 1.92 bits per heavy atom. The van der Waals surface area contributed by atoms with Crippen LogP contribution in [0.3, 0.4) is 0 Å². The van der Waals surface area contributed by atoms with E-state index in [-0.39, 0.29) is 24.2 Å². The summed E-state index contributed by atoms with van der Waals surface area (Å²) in [7, 11) is 1.64. The Kier molecular flexibility index (Phi) is 5.43. The number of carbonyl (C=O) groups excluding carboxylic acids is 2. The molecule has 0 radical (unpaired) electrons. The number of nitrogens with one attached hydrogen (secondary N) is 1. The number of carbonyl (C=O) groups is 2. The Morgan fingerprint density at radius 3 is 2.65 bits per heavy atom. The van der Waals surface area contributed by atoms with E-state index in [0.29, 0.717) is 22.4 Å². The van der Waals surface area contributed by atoms with Crippen LogP contribution in [0.2, 0.25) is 0 Å². The van der Waals surface area contributed by atoms with E-state index in [1.165, 1.54) is 28.4 Å². The number of hydrogen-bond donors (Lipinski definition) is 1. The summed E-state index contributed by atoms with van der Waals surface area (Å²) in [6.07, 6.45) is 0. The number of anilines is 1. The maximum absolute atomic E-state index is 13.3. The largest absolute Gasteiger partial charge is 0.337 e. The molecule has 0 bridgehead atoms. The van der Waals surface area contributed by atoms with E-state index in [4.69, 9.17) is 0 Å². The number of halogens is 1. The topological polar surface area (TPSA) is 49.4 Å². The number of rotatable bonds is 5. The number of para-hydroxylation sites is 1. The van der Waals surface area contributed by atoms with Crippen molar-refractivity contribution in [2.75, 3.05) is 12.4 Å². The van der Waals surface area contributed by atoms with Crippen molar-refractivity contribution < 1.29 is 14.0 Å². The number of hydrogen-bond acceptors (Lipinski definition) is 3. The van der Waals surface area contributed by atoms with Gasteiger partial charge < -0.3 is 10.2 Å². The van der Waals surface area contributed by atoms with Gasteiger partial charge >= 0.3 is 0 Å². The first-order valence-electron chi connectivity index (χ1n) is 7.97. The highest BCUT2D eigenvalue weighted by Crippen LogP contribution is 2.19.